The molecule has 3 aromatic rings. The number of rotatable bonds is 8. The number of aryl methyl sites for hydroxylation is 2. The van der Waals surface area contributed by atoms with E-state index in [1.165, 1.54) is 21.0 Å². The number of H-pyrrole nitrogens is 1. The van der Waals surface area contributed by atoms with Gasteiger partial charge in [0.05, 0.1) is 12.5 Å². The molecule has 140 valence electrons. The van der Waals surface area contributed by atoms with Crippen LogP contribution in [0.15, 0.2) is 37.1 Å². The number of hydrogen-bond donors (Lipinski definition) is 1. The van der Waals surface area contributed by atoms with Gasteiger partial charge < -0.3 is 4.57 Å². The predicted molar refractivity (Wildman–Crippen MR) is 107 cm³/mol. The van der Waals surface area contributed by atoms with Crippen molar-refractivity contribution < 1.29 is 0 Å². The third-order valence-corrected chi connectivity index (χ3v) is 5.47. The van der Waals surface area contributed by atoms with Gasteiger partial charge in [-0.25, -0.2) is 4.98 Å². The van der Waals surface area contributed by atoms with E-state index in [0.29, 0.717) is 0 Å². The summed E-state index contributed by atoms with van der Waals surface area (Å²) in [5.74, 6) is 0. The van der Waals surface area contributed by atoms with Crippen molar-refractivity contribution >= 4 is 11.3 Å². The Labute approximate surface area is 160 Å². The molecule has 26 heavy (non-hydrogen) atoms. The maximum atomic E-state index is 4.31. The quantitative estimate of drug-likeness (QED) is 0.640. The smallest absolute Gasteiger partial charge is 0.0945 e. The first-order chi connectivity index (χ1) is 12.4. The summed E-state index contributed by atoms with van der Waals surface area (Å²) in [6.45, 7) is 12.8. The summed E-state index contributed by atoms with van der Waals surface area (Å²) in [5.41, 5.74) is 2.61. The van der Waals surface area contributed by atoms with E-state index in [1.54, 1.807) is 0 Å². The van der Waals surface area contributed by atoms with Crippen molar-refractivity contribution in [2.75, 3.05) is 6.54 Å². The lowest BCUT2D eigenvalue weighted by atomic mass is 9.89. The zero-order chi connectivity index (χ0) is 18.6. The van der Waals surface area contributed by atoms with Crippen LogP contribution < -0.4 is 0 Å². The molecular weight excluding hydrogens is 342 g/mol. The van der Waals surface area contributed by atoms with Crippen LogP contribution in [-0.2, 0) is 25.0 Å². The second kappa shape index (κ2) is 8.18. The zero-order valence-electron chi connectivity index (χ0n) is 16.2. The van der Waals surface area contributed by atoms with Gasteiger partial charge in [0, 0.05) is 65.0 Å². The third-order valence-electron chi connectivity index (χ3n) is 4.49. The lowest BCUT2D eigenvalue weighted by Gasteiger charge is -2.24. The highest BCUT2D eigenvalue weighted by atomic mass is 32.1. The fourth-order valence-corrected chi connectivity index (χ4v) is 4.15. The van der Waals surface area contributed by atoms with Crippen molar-refractivity contribution in [2.24, 2.45) is 0 Å². The Kier molecular flexibility index (Phi) is 5.94. The van der Waals surface area contributed by atoms with Gasteiger partial charge in [0.15, 0.2) is 0 Å². The normalized spacial score (nSPS) is 12.2. The first-order valence-corrected chi connectivity index (χ1v) is 9.99. The van der Waals surface area contributed by atoms with Gasteiger partial charge >= 0.3 is 0 Å². The molecule has 0 aromatic carbocycles. The number of aromatic amines is 1. The first kappa shape index (κ1) is 18.9. The summed E-state index contributed by atoms with van der Waals surface area (Å²) in [5, 5.41) is 7.52. The van der Waals surface area contributed by atoms with Crippen molar-refractivity contribution in [1.29, 1.82) is 0 Å². The highest BCUT2D eigenvalue weighted by Crippen LogP contribution is 2.25. The molecule has 0 aliphatic carbocycles. The minimum Gasteiger partial charge on any atom is -0.337 e. The third kappa shape index (κ3) is 5.05. The van der Waals surface area contributed by atoms with E-state index in [2.05, 4.69) is 64.5 Å². The number of aromatic nitrogens is 4. The van der Waals surface area contributed by atoms with Crippen molar-refractivity contribution in [3.05, 3.63) is 58.1 Å². The van der Waals surface area contributed by atoms with Crippen molar-refractivity contribution in [3.8, 4) is 0 Å². The molecule has 6 heteroatoms. The zero-order valence-corrected chi connectivity index (χ0v) is 17.0. The summed E-state index contributed by atoms with van der Waals surface area (Å²) in [6.07, 6.45) is 8.85. The Bertz CT molecular complexity index is 794. The average Bonchev–Trinajstić information content (AvgIpc) is 3.29. The second-order valence-electron chi connectivity index (χ2n) is 7.90. The molecule has 0 bridgehead atoms. The van der Waals surface area contributed by atoms with Crippen molar-refractivity contribution in [1.82, 2.24) is 24.6 Å². The van der Waals surface area contributed by atoms with Gasteiger partial charge in [0.1, 0.15) is 0 Å². The number of thiophene rings is 1. The van der Waals surface area contributed by atoms with E-state index < -0.39 is 0 Å². The van der Waals surface area contributed by atoms with Gasteiger partial charge in [-0.2, -0.15) is 5.10 Å². The molecule has 0 saturated carbocycles. The Balaban J connectivity index is 1.68. The minimum absolute atomic E-state index is 0.0772. The van der Waals surface area contributed by atoms with E-state index >= 15 is 0 Å². The van der Waals surface area contributed by atoms with Crippen LogP contribution in [0.4, 0.5) is 0 Å². The molecule has 0 spiro atoms. The van der Waals surface area contributed by atoms with Crippen LogP contribution in [0, 0.1) is 6.92 Å². The number of imidazole rings is 1. The molecule has 0 fully saturated rings. The van der Waals surface area contributed by atoms with Gasteiger partial charge in [-0.05, 0) is 25.5 Å². The highest BCUT2D eigenvalue weighted by molar-refractivity contribution is 7.11. The van der Waals surface area contributed by atoms with Crippen LogP contribution in [0.25, 0.3) is 0 Å². The van der Waals surface area contributed by atoms with E-state index in [-0.39, 0.29) is 5.41 Å². The van der Waals surface area contributed by atoms with Crippen molar-refractivity contribution in [2.45, 2.75) is 59.2 Å². The van der Waals surface area contributed by atoms with Gasteiger partial charge in [-0.15, -0.1) is 11.3 Å². The highest BCUT2D eigenvalue weighted by Gasteiger charge is 2.21. The van der Waals surface area contributed by atoms with Crippen LogP contribution in [0.5, 0.6) is 0 Å². The molecule has 0 unspecified atom stereocenters. The molecule has 0 amide bonds. The average molecular weight is 372 g/mol. The Morgan fingerprint density at radius 3 is 2.73 bits per heavy atom. The molecule has 0 saturated heterocycles. The molecule has 5 nitrogen and oxygen atoms in total. The standard InChI is InChI=1S/C20H29N5S/c1-16-6-7-18(26-16)14-25(10-5-9-24-11-8-21-15-24)13-17-12-22-23-19(17)20(2,3)4/h6-8,11-12,15H,5,9-10,13-14H2,1-4H3,(H,22,23). The molecule has 3 aromatic heterocycles. The Morgan fingerprint density at radius 2 is 2.08 bits per heavy atom. The fraction of sp³-hybridized carbons (Fsp3) is 0.500. The molecule has 0 radical (unpaired) electrons. The van der Waals surface area contributed by atoms with Gasteiger partial charge in [0.25, 0.3) is 0 Å². The van der Waals surface area contributed by atoms with E-state index in [4.69, 9.17) is 0 Å². The summed E-state index contributed by atoms with van der Waals surface area (Å²) in [6, 6.07) is 4.46. The van der Waals surface area contributed by atoms with Crippen LogP contribution in [0.2, 0.25) is 0 Å². The van der Waals surface area contributed by atoms with Gasteiger partial charge in [-0.3, -0.25) is 10.00 Å². The maximum Gasteiger partial charge on any atom is 0.0945 e. The molecule has 0 aliphatic rings. The van der Waals surface area contributed by atoms with Crippen LogP contribution in [-0.4, -0.2) is 31.2 Å². The molecule has 1 N–H and O–H groups in total. The number of nitrogens with zero attached hydrogens (tertiary/aromatic N) is 4. The molecule has 3 rings (SSSR count). The van der Waals surface area contributed by atoms with Gasteiger partial charge in [0.2, 0.25) is 0 Å². The SMILES string of the molecule is Cc1ccc(CN(CCCn2ccnc2)Cc2cn[nH]c2C(C)(C)C)s1. The molecular formula is C20H29N5S. The fourth-order valence-electron chi connectivity index (χ4n) is 3.22. The number of nitrogens with one attached hydrogen (secondary N) is 1. The van der Waals surface area contributed by atoms with Gasteiger partial charge in [-0.1, -0.05) is 20.8 Å². The molecule has 0 atom stereocenters. The van der Waals surface area contributed by atoms with E-state index in [0.717, 1.165) is 32.6 Å². The van der Waals surface area contributed by atoms with Crippen LogP contribution >= 0.6 is 11.3 Å². The summed E-state index contributed by atoms with van der Waals surface area (Å²) >= 11 is 1.89. The number of hydrogen-bond acceptors (Lipinski definition) is 4. The van der Waals surface area contributed by atoms with E-state index in [1.807, 2.05) is 36.3 Å². The minimum atomic E-state index is 0.0772. The molecule has 0 aliphatic heterocycles. The lowest BCUT2D eigenvalue weighted by molar-refractivity contribution is 0.249. The van der Waals surface area contributed by atoms with Crippen LogP contribution in [0.3, 0.4) is 0 Å². The monoisotopic (exact) mass is 371 g/mol. The Hall–Kier alpha value is -1.92. The first-order valence-electron chi connectivity index (χ1n) is 9.18. The molecule has 3 heterocycles. The summed E-state index contributed by atoms with van der Waals surface area (Å²) < 4.78 is 2.14. The largest absolute Gasteiger partial charge is 0.337 e. The lowest BCUT2D eigenvalue weighted by Crippen LogP contribution is -2.26. The van der Waals surface area contributed by atoms with Crippen molar-refractivity contribution in [3.63, 3.8) is 0 Å². The topological polar surface area (TPSA) is 49.7 Å². The maximum absolute atomic E-state index is 4.31. The predicted octanol–water partition coefficient (Wildman–Crippen LogP) is 4.37. The van der Waals surface area contributed by atoms with Crippen LogP contribution in [0.1, 0.15) is 48.2 Å². The summed E-state index contributed by atoms with van der Waals surface area (Å²) in [4.78, 5) is 9.45. The second-order valence-corrected chi connectivity index (χ2v) is 9.27. The summed E-state index contributed by atoms with van der Waals surface area (Å²) in [7, 11) is 0. The van der Waals surface area contributed by atoms with E-state index in [9.17, 15) is 0 Å². The Morgan fingerprint density at radius 1 is 1.23 bits per heavy atom.